The maximum atomic E-state index is 13.6. The lowest BCUT2D eigenvalue weighted by Gasteiger charge is -2.33. The Labute approximate surface area is 245 Å². The average Bonchev–Trinajstić information content (AvgIpc) is 3.29. The largest absolute Gasteiger partial charge is 0.493 e. The van der Waals surface area contributed by atoms with E-state index in [0.717, 1.165) is 23.2 Å². The number of aliphatic hydroxyl groups is 1. The highest BCUT2D eigenvalue weighted by Crippen LogP contribution is 2.32. The first-order chi connectivity index (χ1) is 20.3. The fourth-order valence-electron chi connectivity index (χ4n) is 5.23. The van der Waals surface area contributed by atoms with Crippen LogP contribution in [0.3, 0.4) is 0 Å². The highest BCUT2D eigenvalue weighted by Gasteiger charge is 2.30. The molecule has 1 saturated heterocycles. The van der Waals surface area contributed by atoms with Crippen molar-refractivity contribution >= 4 is 21.8 Å². The molecular weight excluding hydrogens is 564 g/mol. The minimum atomic E-state index is -3.84. The van der Waals surface area contributed by atoms with E-state index in [-0.39, 0.29) is 36.1 Å². The monoisotopic (exact) mass is 605 g/mol. The third-order valence-electron chi connectivity index (χ3n) is 7.22. The van der Waals surface area contributed by atoms with Crippen LogP contribution in [0.1, 0.15) is 44.0 Å². The van der Waals surface area contributed by atoms with Gasteiger partial charge in [-0.3, -0.25) is 9.69 Å². The van der Waals surface area contributed by atoms with Crippen LogP contribution in [0.2, 0.25) is 0 Å². The summed E-state index contributed by atoms with van der Waals surface area (Å²) in [6, 6.07) is 4.62. The molecule has 3 heterocycles. The van der Waals surface area contributed by atoms with E-state index in [1.807, 2.05) is 25.7 Å². The van der Waals surface area contributed by atoms with E-state index in [2.05, 4.69) is 10.1 Å². The van der Waals surface area contributed by atoms with Gasteiger partial charge in [0.15, 0.2) is 19.0 Å². The number of aliphatic hydroxyl groups excluding tert-OH is 1. The molecule has 0 radical (unpaired) electrons. The molecule has 14 heteroatoms. The average molecular weight is 606 g/mol. The van der Waals surface area contributed by atoms with Crippen molar-refractivity contribution in [3.8, 4) is 17.1 Å². The molecule has 1 aliphatic heterocycles. The maximum Gasteiger partial charge on any atom is 0.275 e. The number of oxime groups is 1. The quantitative estimate of drug-likeness (QED) is 0.119. The second-order valence-corrected chi connectivity index (χ2v) is 11.8. The van der Waals surface area contributed by atoms with Crippen LogP contribution in [0.5, 0.6) is 5.75 Å². The van der Waals surface area contributed by atoms with Gasteiger partial charge in [-0.25, -0.2) is 12.9 Å². The number of H-pyrrole nitrogens is 1. The molecule has 0 amide bonds. The van der Waals surface area contributed by atoms with Gasteiger partial charge < -0.3 is 24.8 Å². The SMILES string of the molecule is CCCc1c(/C=N/OCC[OH2+])c(CC)c2c(=O)[nH]c(-c3cc(S(=O)(=O)N4CCN(CCO)CC4)ccc3OCC)nn12. The minimum Gasteiger partial charge on any atom is -0.493 e. The van der Waals surface area contributed by atoms with Crippen molar-refractivity contribution in [3.05, 3.63) is 45.4 Å². The number of benzene rings is 1. The fraction of sp³-hybridized carbons (Fsp3) is 0.536. The van der Waals surface area contributed by atoms with E-state index in [4.69, 9.17) is 19.8 Å². The van der Waals surface area contributed by atoms with Crippen molar-refractivity contribution in [2.75, 3.05) is 59.2 Å². The second-order valence-electron chi connectivity index (χ2n) is 9.88. The lowest BCUT2D eigenvalue weighted by Crippen LogP contribution is -2.49. The van der Waals surface area contributed by atoms with E-state index < -0.39 is 10.0 Å². The first-order valence-electron chi connectivity index (χ1n) is 14.4. The van der Waals surface area contributed by atoms with E-state index in [9.17, 15) is 18.3 Å². The Morgan fingerprint density at radius 3 is 2.60 bits per heavy atom. The van der Waals surface area contributed by atoms with Gasteiger partial charge in [-0.2, -0.15) is 4.31 Å². The summed E-state index contributed by atoms with van der Waals surface area (Å²) >= 11 is 0. The molecular formula is C28H41N6O7S+. The van der Waals surface area contributed by atoms with Crippen molar-refractivity contribution in [2.24, 2.45) is 5.16 Å². The molecule has 230 valence electrons. The standard InChI is InChI=1S/C28H40N6O7S/c1-4-7-24-23(19-29-41-17-16-36)21(5-2)26-28(37)30-27(31-34(24)26)22-18-20(8-9-25(22)40-6-3)42(38,39)33-12-10-32(11-13-33)14-15-35/h8-9,18-19,35-36H,4-7,10-17H2,1-3H3,(H,30,31,37)/p+1/b29-19+. The molecule has 4 N–H and O–H groups in total. The van der Waals surface area contributed by atoms with E-state index in [0.29, 0.717) is 69.0 Å². The summed E-state index contributed by atoms with van der Waals surface area (Å²) in [6.45, 7) is 8.60. The Kier molecular flexibility index (Phi) is 10.7. The number of nitrogens with zero attached hydrogens (tertiary/aromatic N) is 5. The smallest absolute Gasteiger partial charge is 0.275 e. The number of nitrogens with one attached hydrogen (secondary N) is 1. The molecule has 1 aromatic carbocycles. The van der Waals surface area contributed by atoms with Crippen molar-refractivity contribution < 1.29 is 28.2 Å². The predicted molar refractivity (Wildman–Crippen MR) is 160 cm³/mol. The zero-order valence-electron chi connectivity index (χ0n) is 24.4. The molecule has 0 spiro atoms. The number of sulfonamides is 1. The zero-order chi connectivity index (χ0) is 30.3. The van der Waals surface area contributed by atoms with Crippen LogP contribution in [0.25, 0.3) is 16.9 Å². The highest BCUT2D eigenvalue weighted by molar-refractivity contribution is 7.89. The summed E-state index contributed by atoms with van der Waals surface area (Å²) in [4.78, 5) is 23.7. The Morgan fingerprint density at radius 2 is 1.95 bits per heavy atom. The number of hydrogen-bond acceptors (Lipinski definition) is 9. The number of piperazine rings is 1. The Hall–Kier alpha value is -3.30. The molecule has 4 rings (SSSR count). The molecule has 0 bridgehead atoms. The predicted octanol–water partition coefficient (Wildman–Crippen LogP) is 0.977. The summed E-state index contributed by atoms with van der Waals surface area (Å²) in [5, 5.41) is 25.3. The van der Waals surface area contributed by atoms with Gasteiger partial charge >= 0.3 is 0 Å². The number of rotatable bonds is 14. The number of β-amino-alcohol motifs (C(OH)–C–C–N with tert-alkyl or cyclic N) is 1. The highest BCUT2D eigenvalue weighted by atomic mass is 32.2. The molecule has 3 aromatic rings. The molecule has 1 aliphatic rings. The van der Waals surface area contributed by atoms with Crippen LogP contribution in [0.4, 0.5) is 0 Å². The van der Waals surface area contributed by atoms with Crippen LogP contribution >= 0.6 is 0 Å². The number of ether oxygens (including phenoxy) is 1. The lowest BCUT2D eigenvalue weighted by atomic mass is 10.1. The number of aryl methyl sites for hydroxylation is 2. The lowest BCUT2D eigenvalue weighted by molar-refractivity contribution is 0.0997. The van der Waals surface area contributed by atoms with Gasteiger partial charge in [0, 0.05) is 38.3 Å². The van der Waals surface area contributed by atoms with Crippen molar-refractivity contribution in [1.82, 2.24) is 23.8 Å². The summed E-state index contributed by atoms with van der Waals surface area (Å²) in [6.07, 6.45) is 3.54. The Bertz CT molecular complexity index is 1560. The first-order valence-corrected chi connectivity index (χ1v) is 15.8. The van der Waals surface area contributed by atoms with Gasteiger partial charge in [0.2, 0.25) is 10.0 Å². The number of hydrogen-bond donors (Lipinski definition) is 2. The molecule has 0 saturated carbocycles. The maximum absolute atomic E-state index is 13.6. The van der Waals surface area contributed by atoms with Crippen molar-refractivity contribution in [2.45, 2.75) is 44.9 Å². The minimum absolute atomic E-state index is 0.0275. The summed E-state index contributed by atoms with van der Waals surface area (Å²) < 4.78 is 36.2. The Balaban J connectivity index is 1.83. The van der Waals surface area contributed by atoms with Crippen LogP contribution < -0.4 is 10.3 Å². The van der Waals surface area contributed by atoms with Crippen LogP contribution in [0, 0.1) is 0 Å². The van der Waals surface area contributed by atoms with Crippen LogP contribution in [0.15, 0.2) is 33.0 Å². The third kappa shape index (κ3) is 6.52. The molecule has 0 unspecified atom stereocenters. The number of aromatic nitrogens is 3. The van der Waals surface area contributed by atoms with Gasteiger partial charge in [-0.05, 0) is 43.5 Å². The van der Waals surface area contributed by atoms with E-state index in [1.54, 1.807) is 16.8 Å². The van der Waals surface area contributed by atoms with Crippen molar-refractivity contribution in [1.29, 1.82) is 0 Å². The summed E-state index contributed by atoms with van der Waals surface area (Å²) in [5.74, 6) is 0.585. The van der Waals surface area contributed by atoms with Gasteiger partial charge in [-0.1, -0.05) is 25.4 Å². The van der Waals surface area contributed by atoms with Gasteiger partial charge in [0.05, 0.1) is 35.6 Å². The Morgan fingerprint density at radius 1 is 1.19 bits per heavy atom. The molecule has 42 heavy (non-hydrogen) atoms. The molecule has 0 atom stereocenters. The molecule has 13 nitrogen and oxygen atoms in total. The summed E-state index contributed by atoms with van der Waals surface area (Å²) in [5.41, 5.74) is 2.71. The summed E-state index contributed by atoms with van der Waals surface area (Å²) in [7, 11) is -3.84. The zero-order valence-corrected chi connectivity index (χ0v) is 25.2. The van der Waals surface area contributed by atoms with Crippen LogP contribution in [-0.2, 0) is 27.7 Å². The van der Waals surface area contributed by atoms with Crippen molar-refractivity contribution in [3.63, 3.8) is 0 Å². The molecule has 1 fully saturated rings. The van der Waals surface area contributed by atoms with E-state index >= 15 is 0 Å². The first kappa shape index (κ1) is 31.6. The fourth-order valence-corrected chi connectivity index (χ4v) is 6.68. The molecule has 0 aliphatic carbocycles. The van der Waals surface area contributed by atoms with Gasteiger partial charge in [0.25, 0.3) is 5.56 Å². The van der Waals surface area contributed by atoms with Crippen LogP contribution in [-0.4, -0.2) is 108 Å². The van der Waals surface area contributed by atoms with Gasteiger partial charge in [0.1, 0.15) is 11.3 Å². The van der Waals surface area contributed by atoms with E-state index in [1.165, 1.54) is 16.4 Å². The number of fused-ring (bicyclic) bond motifs is 1. The topological polar surface area (TPSA) is 165 Å². The normalized spacial score (nSPS) is 15.2. The second kappa shape index (κ2) is 14.2. The molecule has 2 aromatic heterocycles. The third-order valence-corrected chi connectivity index (χ3v) is 9.11. The van der Waals surface area contributed by atoms with Gasteiger partial charge in [-0.15, -0.1) is 5.10 Å². The number of aromatic amines is 1.